The maximum Gasteiger partial charge on any atom is 0.198 e. The maximum absolute atomic E-state index is 5.93. The van der Waals surface area contributed by atoms with Gasteiger partial charge in [-0.1, -0.05) is 85.7 Å². The number of unbranched alkanes of at least 4 members (excludes halogenated alkanes) is 2. The number of benzene rings is 1. The third-order valence-electron chi connectivity index (χ3n) is 6.73. The molecule has 3 aromatic rings. The van der Waals surface area contributed by atoms with Gasteiger partial charge < -0.3 is 10.7 Å². The summed E-state index contributed by atoms with van der Waals surface area (Å²) in [6.45, 7) is 3.07. The van der Waals surface area contributed by atoms with Gasteiger partial charge in [0.25, 0.3) is 0 Å². The second-order valence-electron chi connectivity index (χ2n) is 9.57. The molecule has 1 aromatic carbocycles. The molecule has 0 spiro atoms. The van der Waals surface area contributed by atoms with E-state index in [0.717, 1.165) is 67.2 Å². The molecule has 2 heterocycles. The lowest BCUT2D eigenvalue weighted by Gasteiger charge is -2.20. The van der Waals surface area contributed by atoms with Gasteiger partial charge in [-0.25, -0.2) is 9.67 Å². The van der Waals surface area contributed by atoms with Crippen LogP contribution in [0.1, 0.15) is 76.1 Å². The van der Waals surface area contributed by atoms with Crippen LogP contribution in [0.15, 0.2) is 48.2 Å². The minimum Gasteiger partial charge on any atom is -0.369 e. The molecular formula is C27H38N6. The number of hydrogen-bond donors (Lipinski definition) is 2. The van der Waals surface area contributed by atoms with E-state index >= 15 is 0 Å². The van der Waals surface area contributed by atoms with Crippen LogP contribution in [0.5, 0.6) is 0 Å². The number of imidazole rings is 1. The van der Waals surface area contributed by atoms with Crippen LogP contribution in [0.2, 0.25) is 0 Å². The lowest BCUT2D eigenvalue weighted by atomic mass is 9.86. The summed E-state index contributed by atoms with van der Waals surface area (Å²) in [5.74, 6) is 1.38. The van der Waals surface area contributed by atoms with Crippen LogP contribution >= 0.6 is 0 Å². The van der Waals surface area contributed by atoms with E-state index in [1.807, 2.05) is 22.9 Å². The molecule has 33 heavy (non-hydrogen) atoms. The highest BCUT2D eigenvalue weighted by Gasteiger charge is 2.12. The second kappa shape index (κ2) is 11.8. The van der Waals surface area contributed by atoms with Crippen molar-refractivity contribution >= 4 is 5.95 Å². The quantitative estimate of drug-likeness (QED) is 0.274. The van der Waals surface area contributed by atoms with Crippen molar-refractivity contribution in [1.29, 1.82) is 0 Å². The van der Waals surface area contributed by atoms with Crippen LogP contribution in [0.4, 0.5) is 5.95 Å². The smallest absolute Gasteiger partial charge is 0.198 e. The molecule has 3 N–H and O–H groups in total. The Balaban J connectivity index is 1.18. The van der Waals surface area contributed by atoms with Gasteiger partial charge in [-0.15, -0.1) is 5.10 Å². The number of nitrogens with zero attached hydrogens (tertiary/aromatic N) is 4. The number of aromatic nitrogens is 5. The van der Waals surface area contributed by atoms with Gasteiger partial charge in [0.2, 0.25) is 0 Å². The highest BCUT2D eigenvalue weighted by Crippen LogP contribution is 2.27. The Morgan fingerprint density at radius 2 is 1.88 bits per heavy atom. The summed E-state index contributed by atoms with van der Waals surface area (Å²) in [7, 11) is 0. The topological polar surface area (TPSA) is 85.4 Å². The minimum absolute atomic E-state index is 0.489. The summed E-state index contributed by atoms with van der Waals surface area (Å²) < 4.78 is 1.99. The molecule has 0 amide bonds. The molecule has 6 nitrogen and oxygen atoms in total. The monoisotopic (exact) mass is 446 g/mol. The van der Waals surface area contributed by atoms with Gasteiger partial charge in [0.1, 0.15) is 0 Å². The number of nitrogen functional groups attached to an aromatic ring is 1. The third-order valence-corrected chi connectivity index (χ3v) is 6.73. The number of anilines is 1. The van der Waals surface area contributed by atoms with Crippen molar-refractivity contribution < 1.29 is 0 Å². The fourth-order valence-corrected chi connectivity index (χ4v) is 4.87. The number of allylic oxidation sites excluding steroid dienone is 2. The summed E-state index contributed by atoms with van der Waals surface area (Å²) >= 11 is 0. The predicted molar refractivity (Wildman–Crippen MR) is 135 cm³/mol. The van der Waals surface area contributed by atoms with Crippen molar-refractivity contribution in [2.24, 2.45) is 5.92 Å². The maximum atomic E-state index is 5.93. The molecule has 1 aliphatic rings. The summed E-state index contributed by atoms with van der Waals surface area (Å²) in [5.41, 5.74) is 11.6. The number of nitrogens with one attached hydrogen (secondary N) is 1. The number of aromatic amines is 1. The van der Waals surface area contributed by atoms with Gasteiger partial charge in [0, 0.05) is 17.5 Å². The predicted octanol–water partition coefficient (Wildman–Crippen LogP) is 6.12. The zero-order chi connectivity index (χ0) is 22.9. The Hall–Kier alpha value is -2.89. The molecule has 1 aliphatic carbocycles. The standard InChI is InChI=1S/C27H38N6/c1-21(17-18-22-11-5-2-6-12-22)19-33-20-24(31-32-33)15-9-4-10-16-25-26(30-27(28)29-25)23-13-7-3-8-14-23/h3,7-8,13-14,17,20,22H,2,4-6,9-12,15-16,18-19H2,1H3,(H3,28,29,30)/b21-17-. The van der Waals surface area contributed by atoms with Crippen LogP contribution in [0.3, 0.4) is 0 Å². The van der Waals surface area contributed by atoms with Gasteiger partial charge in [-0.2, -0.15) is 0 Å². The first-order valence-corrected chi connectivity index (χ1v) is 12.6. The highest BCUT2D eigenvalue weighted by atomic mass is 15.4. The molecule has 6 heteroatoms. The molecule has 0 aliphatic heterocycles. The normalized spacial score (nSPS) is 15.2. The fourth-order valence-electron chi connectivity index (χ4n) is 4.87. The van der Waals surface area contributed by atoms with Crippen LogP contribution in [0.25, 0.3) is 11.3 Å². The van der Waals surface area contributed by atoms with E-state index in [1.165, 1.54) is 44.1 Å². The number of hydrogen-bond acceptors (Lipinski definition) is 4. The highest BCUT2D eigenvalue weighted by molar-refractivity contribution is 5.63. The first-order valence-electron chi connectivity index (χ1n) is 12.6. The van der Waals surface area contributed by atoms with Crippen molar-refractivity contribution in [3.8, 4) is 11.3 Å². The molecule has 0 unspecified atom stereocenters. The average molecular weight is 447 g/mol. The van der Waals surface area contributed by atoms with Crippen molar-refractivity contribution in [2.75, 3.05) is 5.73 Å². The number of aryl methyl sites for hydroxylation is 2. The van der Waals surface area contributed by atoms with Crippen LogP contribution in [-0.2, 0) is 19.4 Å². The summed E-state index contributed by atoms with van der Waals surface area (Å²) in [6.07, 6.45) is 18.1. The van der Waals surface area contributed by atoms with Crippen LogP contribution < -0.4 is 5.73 Å². The number of rotatable bonds is 11. The zero-order valence-electron chi connectivity index (χ0n) is 20.0. The van der Waals surface area contributed by atoms with E-state index in [-0.39, 0.29) is 0 Å². The molecule has 1 fully saturated rings. The molecule has 0 bridgehead atoms. The Morgan fingerprint density at radius 1 is 1.09 bits per heavy atom. The van der Waals surface area contributed by atoms with Crippen molar-refractivity contribution in [2.45, 2.75) is 84.1 Å². The Bertz CT molecular complexity index is 1010. The van der Waals surface area contributed by atoms with Gasteiger partial charge in [0.05, 0.1) is 17.9 Å². The van der Waals surface area contributed by atoms with E-state index in [2.05, 4.69) is 51.6 Å². The Kier molecular flexibility index (Phi) is 8.34. The third kappa shape index (κ3) is 7.04. The van der Waals surface area contributed by atoms with E-state index < -0.39 is 0 Å². The summed E-state index contributed by atoms with van der Waals surface area (Å²) in [5, 5.41) is 8.73. The Morgan fingerprint density at radius 3 is 2.70 bits per heavy atom. The first kappa shape index (κ1) is 23.3. The lowest BCUT2D eigenvalue weighted by Crippen LogP contribution is -2.06. The van der Waals surface area contributed by atoms with E-state index in [9.17, 15) is 0 Å². The molecule has 0 atom stereocenters. The largest absolute Gasteiger partial charge is 0.369 e. The van der Waals surface area contributed by atoms with Crippen molar-refractivity contribution in [3.05, 3.63) is 59.6 Å². The minimum atomic E-state index is 0.489. The lowest BCUT2D eigenvalue weighted by molar-refractivity contribution is 0.360. The van der Waals surface area contributed by atoms with Crippen molar-refractivity contribution in [3.63, 3.8) is 0 Å². The summed E-state index contributed by atoms with van der Waals surface area (Å²) in [4.78, 5) is 7.73. The molecule has 4 rings (SSSR count). The van der Waals surface area contributed by atoms with Crippen LogP contribution in [0, 0.1) is 5.92 Å². The molecule has 176 valence electrons. The van der Waals surface area contributed by atoms with Crippen molar-refractivity contribution in [1.82, 2.24) is 25.0 Å². The van der Waals surface area contributed by atoms with E-state index in [1.54, 1.807) is 0 Å². The summed E-state index contributed by atoms with van der Waals surface area (Å²) in [6, 6.07) is 10.2. The van der Waals surface area contributed by atoms with Crippen LogP contribution in [-0.4, -0.2) is 25.0 Å². The first-order chi connectivity index (χ1) is 16.2. The van der Waals surface area contributed by atoms with Gasteiger partial charge in [-0.3, -0.25) is 0 Å². The molecule has 0 saturated heterocycles. The van der Waals surface area contributed by atoms with E-state index in [4.69, 9.17) is 5.73 Å². The fraction of sp³-hybridized carbons (Fsp3) is 0.519. The Labute approximate surface area is 197 Å². The number of nitrogens with two attached hydrogens (primary N) is 1. The molecular weight excluding hydrogens is 408 g/mol. The average Bonchev–Trinajstić information content (AvgIpc) is 3.44. The zero-order valence-corrected chi connectivity index (χ0v) is 20.0. The molecule has 1 saturated carbocycles. The molecule has 0 radical (unpaired) electrons. The van der Waals surface area contributed by atoms with Gasteiger partial charge in [-0.05, 0) is 44.9 Å². The molecule has 2 aromatic heterocycles. The van der Waals surface area contributed by atoms with Gasteiger partial charge in [0.15, 0.2) is 5.95 Å². The van der Waals surface area contributed by atoms with E-state index in [0.29, 0.717) is 5.95 Å². The van der Waals surface area contributed by atoms with Gasteiger partial charge >= 0.3 is 0 Å². The SMILES string of the molecule is C/C(=C/CC1CCCCC1)Cn1cc(CCCCCc2[nH]c(N)nc2-c2ccccc2)nn1. The second-order valence-corrected chi connectivity index (χ2v) is 9.57. The number of H-pyrrole nitrogens is 1.